The van der Waals surface area contributed by atoms with Crippen LogP contribution in [0.15, 0.2) is 0 Å². The van der Waals surface area contributed by atoms with Crippen LogP contribution in [-0.2, 0) is 4.79 Å². The van der Waals surface area contributed by atoms with Crippen LogP contribution in [0.1, 0.15) is 19.8 Å². The summed E-state index contributed by atoms with van der Waals surface area (Å²) in [5.41, 5.74) is 4.87. The van der Waals surface area contributed by atoms with E-state index in [1.54, 1.807) is 0 Å². The van der Waals surface area contributed by atoms with Crippen LogP contribution in [0.25, 0.3) is 0 Å². The van der Waals surface area contributed by atoms with Crippen molar-refractivity contribution in [3.8, 4) is 0 Å². The predicted octanol–water partition coefficient (Wildman–Crippen LogP) is 0.378. The van der Waals surface area contributed by atoms with E-state index in [1.807, 2.05) is 18.9 Å². The summed E-state index contributed by atoms with van der Waals surface area (Å²) < 4.78 is 0. The van der Waals surface area contributed by atoms with Crippen molar-refractivity contribution in [2.75, 3.05) is 13.6 Å². The maximum absolute atomic E-state index is 10.9. The van der Waals surface area contributed by atoms with E-state index >= 15 is 0 Å². The van der Waals surface area contributed by atoms with Gasteiger partial charge in [-0.2, -0.15) is 0 Å². The van der Waals surface area contributed by atoms with Crippen molar-refractivity contribution in [1.82, 2.24) is 4.90 Å². The number of halogens is 1. The Kier molecular flexibility index (Phi) is 3.32. The molecule has 1 atom stereocenters. The third-order valence-corrected chi connectivity index (χ3v) is 2.53. The molecule has 0 spiro atoms. The first-order valence-corrected chi connectivity index (χ1v) is 3.58. The van der Waals surface area contributed by atoms with Crippen molar-refractivity contribution in [1.29, 1.82) is 0 Å². The third-order valence-electron chi connectivity index (χ3n) is 2.53. The highest BCUT2D eigenvalue weighted by molar-refractivity contribution is 5.85. The molecule has 2 N–H and O–H groups in total. The molecule has 1 saturated heterocycles. The molecule has 0 aromatic rings. The van der Waals surface area contributed by atoms with Gasteiger partial charge in [0, 0.05) is 0 Å². The van der Waals surface area contributed by atoms with Gasteiger partial charge in [0.1, 0.15) is 0 Å². The average Bonchev–Trinajstić information content (AvgIpc) is 2.15. The second kappa shape index (κ2) is 3.41. The third kappa shape index (κ3) is 1.65. The summed E-state index contributed by atoms with van der Waals surface area (Å²) in [6.45, 7) is 2.89. The van der Waals surface area contributed by atoms with Crippen LogP contribution in [0.3, 0.4) is 0 Å². The Hall–Kier alpha value is -0.280. The van der Waals surface area contributed by atoms with Gasteiger partial charge in [-0.15, -0.1) is 12.4 Å². The fourth-order valence-electron chi connectivity index (χ4n) is 1.41. The SMILES string of the molecule is CN1CCC[C@@]1(C)C(N)=O.Cl. The van der Waals surface area contributed by atoms with E-state index < -0.39 is 0 Å². The molecule has 0 radical (unpaired) electrons. The number of hydrogen-bond acceptors (Lipinski definition) is 2. The molecular weight excluding hydrogens is 164 g/mol. The Balaban J connectivity index is 0.000001000. The number of carbonyl (C=O) groups excluding carboxylic acids is 1. The number of nitrogens with two attached hydrogens (primary N) is 1. The first kappa shape index (κ1) is 10.7. The largest absolute Gasteiger partial charge is 0.368 e. The molecular formula is C7H15ClN2O. The zero-order valence-electron chi connectivity index (χ0n) is 6.96. The normalized spacial score (nSPS) is 31.5. The molecule has 1 rings (SSSR count). The van der Waals surface area contributed by atoms with E-state index in [4.69, 9.17) is 5.73 Å². The lowest BCUT2D eigenvalue weighted by Crippen LogP contribution is -2.49. The highest BCUT2D eigenvalue weighted by Crippen LogP contribution is 2.26. The number of carbonyl (C=O) groups is 1. The van der Waals surface area contributed by atoms with Gasteiger partial charge in [-0.25, -0.2) is 0 Å². The van der Waals surface area contributed by atoms with Crippen molar-refractivity contribution in [2.24, 2.45) is 5.73 Å². The monoisotopic (exact) mass is 178 g/mol. The zero-order chi connectivity index (χ0) is 7.78. The van der Waals surface area contributed by atoms with Gasteiger partial charge >= 0.3 is 0 Å². The molecule has 4 heteroatoms. The van der Waals surface area contributed by atoms with Gasteiger partial charge in [0.15, 0.2) is 0 Å². The van der Waals surface area contributed by atoms with E-state index in [1.165, 1.54) is 0 Å². The first-order valence-electron chi connectivity index (χ1n) is 3.58. The molecule has 3 nitrogen and oxygen atoms in total. The second-order valence-electron chi connectivity index (χ2n) is 3.16. The molecule has 11 heavy (non-hydrogen) atoms. The van der Waals surface area contributed by atoms with E-state index in [2.05, 4.69) is 0 Å². The number of rotatable bonds is 1. The molecule has 0 aromatic heterocycles. The smallest absolute Gasteiger partial charge is 0.237 e. The van der Waals surface area contributed by atoms with Crippen molar-refractivity contribution in [2.45, 2.75) is 25.3 Å². The van der Waals surface area contributed by atoms with Gasteiger partial charge in [-0.1, -0.05) is 0 Å². The Bertz CT molecular complexity index is 163. The quantitative estimate of drug-likeness (QED) is 0.631. The summed E-state index contributed by atoms with van der Waals surface area (Å²) in [7, 11) is 1.94. The number of amides is 1. The Morgan fingerprint density at radius 1 is 1.64 bits per heavy atom. The zero-order valence-corrected chi connectivity index (χ0v) is 7.78. The Morgan fingerprint density at radius 2 is 2.18 bits per heavy atom. The lowest BCUT2D eigenvalue weighted by Gasteiger charge is -2.28. The van der Waals surface area contributed by atoms with Crippen LogP contribution in [0.2, 0.25) is 0 Å². The number of nitrogens with zero attached hydrogens (tertiary/aromatic N) is 1. The summed E-state index contributed by atoms with van der Waals surface area (Å²) in [5.74, 6) is -0.201. The van der Waals surface area contributed by atoms with Gasteiger partial charge in [0.25, 0.3) is 0 Å². The maximum Gasteiger partial charge on any atom is 0.237 e. The molecule has 0 aliphatic carbocycles. The Labute approximate surface area is 73.3 Å². The first-order chi connectivity index (χ1) is 4.57. The lowest BCUT2D eigenvalue weighted by molar-refractivity contribution is -0.126. The fraction of sp³-hybridized carbons (Fsp3) is 0.857. The topological polar surface area (TPSA) is 46.3 Å². The summed E-state index contributed by atoms with van der Waals surface area (Å²) in [6, 6.07) is 0. The molecule has 1 aliphatic heterocycles. The van der Waals surface area contributed by atoms with Gasteiger partial charge < -0.3 is 5.73 Å². The number of hydrogen-bond donors (Lipinski definition) is 1. The highest BCUT2D eigenvalue weighted by atomic mass is 35.5. The van der Waals surface area contributed by atoms with Crippen LogP contribution < -0.4 is 5.73 Å². The standard InChI is InChI=1S/C7H14N2O.ClH/c1-7(6(8)10)4-3-5-9(7)2;/h3-5H2,1-2H3,(H2,8,10);1H/t7-;/m0./s1. The Morgan fingerprint density at radius 3 is 2.36 bits per heavy atom. The summed E-state index contributed by atoms with van der Waals surface area (Å²) >= 11 is 0. The highest BCUT2D eigenvalue weighted by Gasteiger charge is 2.38. The number of likely N-dealkylation sites (N-methyl/N-ethyl adjacent to an activating group) is 1. The molecule has 1 fully saturated rings. The lowest BCUT2D eigenvalue weighted by atomic mass is 9.99. The van der Waals surface area contributed by atoms with Gasteiger partial charge in [-0.05, 0) is 33.4 Å². The van der Waals surface area contributed by atoms with Crippen LogP contribution in [0, 0.1) is 0 Å². The molecule has 1 heterocycles. The predicted molar refractivity (Wildman–Crippen MR) is 46.7 cm³/mol. The molecule has 0 saturated carbocycles. The minimum atomic E-state index is -0.375. The molecule has 0 bridgehead atoms. The van der Waals surface area contributed by atoms with Crippen molar-refractivity contribution in [3.63, 3.8) is 0 Å². The second-order valence-corrected chi connectivity index (χ2v) is 3.16. The van der Waals surface area contributed by atoms with Gasteiger partial charge in [-0.3, -0.25) is 9.69 Å². The van der Waals surface area contributed by atoms with Crippen LogP contribution in [-0.4, -0.2) is 29.9 Å². The van der Waals surface area contributed by atoms with E-state index in [-0.39, 0.29) is 23.9 Å². The molecule has 1 amide bonds. The van der Waals surface area contributed by atoms with Crippen LogP contribution >= 0.6 is 12.4 Å². The number of likely N-dealkylation sites (tertiary alicyclic amines) is 1. The molecule has 1 aliphatic rings. The van der Waals surface area contributed by atoms with Crippen LogP contribution in [0.5, 0.6) is 0 Å². The summed E-state index contributed by atoms with van der Waals surface area (Å²) in [6.07, 6.45) is 1.98. The average molecular weight is 179 g/mol. The minimum Gasteiger partial charge on any atom is -0.368 e. The summed E-state index contributed by atoms with van der Waals surface area (Å²) in [4.78, 5) is 12.9. The van der Waals surface area contributed by atoms with E-state index in [0.717, 1.165) is 19.4 Å². The van der Waals surface area contributed by atoms with Crippen molar-refractivity contribution >= 4 is 18.3 Å². The minimum absolute atomic E-state index is 0. The maximum atomic E-state index is 10.9. The fourth-order valence-corrected chi connectivity index (χ4v) is 1.41. The van der Waals surface area contributed by atoms with Crippen molar-refractivity contribution < 1.29 is 4.79 Å². The van der Waals surface area contributed by atoms with E-state index in [0.29, 0.717) is 0 Å². The van der Waals surface area contributed by atoms with Gasteiger partial charge in [0.2, 0.25) is 5.91 Å². The van der Waals surface area contributed by atoms with E-state index in [9.17, 15) is 4.79 Å². The molecule has 0 aromatic carbocycles. The molecule has 0 unspecified atom stereocenters. The van der Waals surface area contributed by atoms with Crippen LogP contribution in [0.4, 0.5) is 0 Å². The molecule has 66 valence electrons. The number of primary amides is 1. The summed E-state index contributed by atoms with van der Waals surface area (Å²) in [5, 5.41) is 0. The van der Waals surface area contributed by atoms with Gasteiger partial charge in [0.05, 0.1) is 5.54 Å². The van der Waals surface area contributed by atoms with Crippen molar-refractivity contribution in [3.05, 3.63) is 0 Å².